The Labute approximate surface area is 146 Å². The zero-order chi connectivity index (χ0) is 17.2. The van der Waals surface area contributed by atoms with Crippen molar-refractivity contribution < 1.29 is 9.47 Å². The van der Waals surface area contributed by atoms with Crippen molar-refractivity contribution in [2.45, 2.75) is 26.3 Å². The molecule has 2 atom stereocenters. The van der Waals surface area contributed by atoms with E-state index in [1.165, 1.54) is 0 Å². The molecule has 2 aliphatic rings. The fraction of sp³-hybridized carbons (Fsp3) is 0.471. The van der Waals surface area contributed by atoms with Crippen LogP contribution in [0.15, 0.2) is 30.3 Å². The molecule has 2 unspecified atom stereocenters. The lowest BCUT2D eigenvalue weighted by Gasteiger charge is -2.11. The molecule has 3 heterocycles. The third kappa shape index (κ3) is 3.64. The molecule has 0 saturated carbocycles. The number of rotatable bonds is 8. The highest BCUT2D eigenvalue weighted by molar-refractivity contribution is 5.58. The van der Waals surface area contributed by atoms with Gasteiger partial charge in [-0.1, -0.05) is 18.2 Å². The van der Waals surface area contributed by atoms with Crippen molar-refractivity contribution in [3.8, 4) is 0 Å². The highest BCUT2D eigenvalue weighted by Crippen LogP contribution is 2.31. The summed E-state index contributed by atoms with van der Waals surface area (Å²) in [5.74, 6) is 1.78. The van der Waals surface area contributed by atoms with Gasteiger partial charge in [0.1, 0.15) is 12.5 Å². The maximum absolute atomic E-state index is 5.62. The minimum Gasteiger partial charge on any atom is -0.357 e. The highest BCUT2D eigenvalue weighted by atomic mass is 16.5. The minimum atomic E-state index is 0.0571. The molecule has 1 aromatic heterocycles. The van der Waals surface area contributed by atoms with Gasteiger partial charge in [0.15, 0.2) is 0 Å². The highest BCUT2D eigenvalue weighted by Gasteiger charge is 2.41. The Kier molecular flexibility index (Phi) is 4.37. The summed E-state index contributed by atoms with van der Waals surface area (Å²) >= 11 is 0. The predicted molar refractivity (Wildman–Crippen MR) is 95.1 cm³/mol. The van der Waals surface area contributed by atoms with Crippen LogP contribution < -0.4 is 15.1 Å². The van der Waals surface area contributed by atoms with E-state index in [9.17, 15) is 0 Å². The van der Waals surface area contributed by atoms with Gasteiger partial charge in [0.05, 0.1) is 13.1 Å². The summed E-state index contributed by atoms with van der Waals surface area (Å²) in [4.78, 5) is 17.7. The fourth-order valence-electron chi connectivity index (χ4n) is 2.65. The van der Waals surface area contributed by atoms with Gasteiger partial charge in [0, 0.05) is 18.9 Å². The minimum absolute atomic E-state index is 0.0571. The van der Waals surface area contributed by atoms with E-state index in [2.05, 4.69) is 20.3 Å². The Morgan fingerprint density at radius 3 is 2.00 bits per heavy atom. The quantitative estimate of drug-likeness (QED) is 0.730. The first kappa shape index (κ1) is 16.0. The summed E-state index contributed by atoms with van der Waals surface area (Å²) in [7, 11) is 0. The van der Waals surface area contributed by atoms with Crippen molar-refractivity contribution >= 4 is 23.5 Å². The molecule has 0 aliphatic carbocycles. The Bertz CT molecular complexity index is 690. The molecule has 0 radical (unpaired) electrons. The average molecular weight is 342 g/mol. The second-order valence-corrected chi connectivity index (χ2v) is 5.87. The van der Waals surface area contributed by atoms with Crippen LogP contribution in [0, 0.1) is 0 Å². The van der Waals surface area contributed by atoms with Gasteiger partial charge in [-0.15, -0.1) is 0 Å². The smallest absolute Gasteiger partial charge is 0.234 e. The van der Waals surface area contributed by atoms with E-state index in [0.717, 1.165) is 18.8 Å². The van der Waals surface area contributed by atoms with Crippen LogP contribution in [0.1, 0.15) is 13.8 Å². The van der Waals surface area contributed by atoms with Crippen LogP contribution in [0.25, 0.3) is 0 Å². The third-order valence-electron chi connectivity index (χ3n) is 4.01. The van der Waals surface area contributed by atoms with E-state index in [0.29, 0.717) is 31.1 Å². The van der Waals surface area contributed by atoms with Crippen molar-refractivity contribution in [1.82, 2.24) is 15.0 Å². The number of hydrogen-bond acceptors (Lipinski definition) is 8. The molecule has 8 nitrogen and oxygen atoms in total. The first-order chi connectivity index (χ1) is 12.3. The number of hydrogen-bond donors (Lipinski definition) is 1. The molecule has 1 N–H and O–H groups in total. The Hall–Kier alpha value is -2.45. The lowest BCUT2D eigenvalue weighted by atomic mass is 10.3. The molecule has 2 saturated heterocycles. The van der Waals surface area contributed by atoms with Crippen LogP contribution in [0.3, 0.4) is 0 Å². The largest absolute Gasteiger partial charge is 0.357 e. The van der Waals surface area contributed by atoms with E-state index in [1.807, 2.05) is 54.0 Å². The van der Waals surface area contributed by atoms with Crippen LogP contribution in [0.4, 0.5) is 23.5 Å². The monoisotopic (exact) mass is 342 g/mol. The van der Waals surface area contributed by atoms with Gasteiger partial charge in [-0.25, -0.2) is 0 Å². The molecule has 25 heavy (non-hydrogen) atoms. The second kappa shape index (κ2) is 6.81. The van der Waals surface area contributed by atoms with Crippen LogP contribution in [0.5, 0.6) is 0 Å². The molecule has 2 fully saturated rings. The van der Waals surface area contributed by atoms with E-state index in [4.69, 9.17) is 9.47 Å². The zero-order valence-corrected chi connectivity index (χ0v) is 14.4. The standard InChI is InChI=1S/C17H22N6O2/c1-3-24-13-10-22(13)16-19-15(18-12-8-6-5-7-9-12)20-17(21-16)23-11-14(23)25-4-2/h5-9,13-14H,3-4,10-11H2,1-2H3,(H,18,19,20,21). The Morgan fingerprint density at radius 2 is 1.48 bits per heavy atom. The van der Waals surface area contributed by atoms with Crippen LogP contribution in [0.2, 0.25) is 0 Å². The maximum atomic E-state index is 5.62. The molecule has 2 aromatic rings. The van der Waals surface area contributed by atoms with E-state index in [1.54, 1.807) is 0 Å². The first-order valence-electron chi connectivity index (χ1n) is 8.63. The van der Waals surface area contributed by atoms with E-state index in [-0.39, 0.29) is 12.5 Å². The number of anilines is 4. The molecular formula is C17H22N6O2. The second-order valence-electron chi connectivity index (χ2n) is 5.87. The van der Waals surface area contributed by atoms with Crippen molar-refractivity contribution in [2.24, 2.45) is 0 Å². The number of nitrogens with one attached hydrogen (secondary N) is 1. The van der Waals surface area contributed by atoms with Crippen molar-refractivity contribution in [2.75, 3.05) is 41.4 Å². The summed E-state index contributed by atoms with van der Waals surface area (Å²) in [5, 5.41) is 3.25. The maximum Gasteiger partial charge on any atom is 0.234 e. The summed E-state index contributed by atoms with van der Waals surface area (Å²) < 4.78 is 11.2. The summed E-state index contributed by atoms with van der Waals surface area (Å²) in [6.07, 6.45) is 0.114. The van der Waals surface area contributed by atoms with Gasteiger partial charge >= 0.3 is 0 Å². The molecule has 0 spiro atoms. The van der Waals surface area contributed by atoms with Gasteiger partial charge < -0.3 is 24.6 Å². The lowest BCUT2D eigenvalue weighted by molar-refractivity contribution is 0.135. The molecule has 1 aromatic carbocycles. The molecule has 8 heteroatoms. The molecule has 0 amide bonds. The Morgan fingerprint density at radius 1 is 0.920 bits per heavy atom. The van der Waals surface area contributed by atoms with Crippen molar-refractivity contribution in [3.63, 3.8) is 0 Å². The number of benzene rings is 1. The zero-order valence-electron chi connectivity index (χ0n) is 14.4. The third-order valence-corrected chi connectivity index (χ3v) is 4.01. The van der Waals surface area contributed by atoms with Crippen LogP contribution in [-0.4, -0.2) is 53.7 Å². The number of ether oxygens (including phenoxy) is 2. The summed E-state index contributed by atoms with van der Waals surface area (Å²) in [6.45, 7) is 6.92. The fourth-order valence-corrected chi connectivity index (χ4v) is 2.65. The molecule has 4 rings (SSSR count). The van der Waals surface area contributed by atoms with E-state index >= 15 is 0 Å². The van der Waals surface area contributed by atoms with Crippen molar-refractivity contribution in [3.05, 3.63) is 30.3 Å². The van der Waals surface area contributed by atoms with Crippen molar-refractivity contribution in [1.29, 1.82) is 0 Å². The van der Waals surface area contributed by atoms with Crippen LogP contribution in [-0.2, 0) is 9.47 Å². The number of nitrogens with zero attached hydrogens (tertiary/aromatic N) is 5. The SMILES string of the molecule is CCOC1CN1c1nc(Nc2ccccc2)nc(N2CC2OCC)n1. The predicted octanol–water partition coefficient (Wildman–Crippen LogP) is 1.98. The molecule has 2 aliphatic heterocycles. The number of para-hydroxylation sites is 1. The molecule has 0 bridgehead atoms. The van der Waals surface area contributed by atoms with E-state index < -0.39 is 0 Å². The van der Waals surface area contributed by atoms with Gasteiger partial charge in [0.25, 0.3) is 0 Å². The normalized spacial score (nSPS) is 21.4. The molecular weight excluding hydrogens is 320 g/mol. The average Bonchev–Trinajstić information content (AvgIpc) is 3.52. The molecule has 132 valence electrons. The summed E-state index contributed by atoms with van der Waals surface area (Å²) in [6, 6.07) is 9.86. The topological polar surface area (TPSA) is 75.2 Å². The van der Waals surface area contributed by atoms with Crippen LogP contribution >= 0.6 is 0 Å². The van der Waals surface area contributed by atoms with Gasteiger partial charge in [-0.2, -0.15) is 15.0 Å². The first-order valence-corrected chi connectivity index (χ1v) is 8.63. The lowest BCUT2D eigenvalue weighted by Crippen LogP contribution is -2.13. The Balaban J connectivity index is 1.57. The summed E-state index contributed by atoms with van der Waals surface area (Å²) in [5.41, 5.74) is 0.935. The van der Waals surface area contributed by atoms with Gasteiger partial charge in [-0.3, -0.25) is 0 Å². The van der Waals surface area contributed by atoms with Gasteiger partial charge in [0.2, 0.25) is 17.8 Å². The number of aromatic nitrogens is 3. The van der Waals surface area contributed by atoms with Gasteiger partial charge in [-0.05, 0) is 26.0 Å².